The fourth-order valence-corrected chi connectivity index (χ4v) is 2.90. The molecule has 0 saturated heterocycles. The normalized spacial score (nSPS) is 12.3. The molecule has 0 aliphatic carbocycles. The molecular formula is C16H24IN5S. The van der Waals surface area contributed by atoms with Crippen LogP contribution in [-0.2, 0) is 6.54 Å². The van der Waals surface area contributed by atoms with Crippen LogP contribution in [0.5, 0.6) is 0 Å². The van der Waals surface area contributed by atoms with Gasteiger partial charge >= 0.3 is 0 Å². The van der Waals surface area contributed by atoms with E-state index < -0.39 is 0 Å². The zero-order valence-corrected chi connectivity index (χ0v) is 16.6. The number of guanidine groups is 1. The average Bonchev–Trinajstić information content (AvgIpc) is 3.05. The number of imidazole rings is 1. The van der Waals surface area contributed by atoms with Gasteiger partial charge in [0.05, 0.1) is 6.33 Å². The average molecular weight is 445 g/mol. The summed E-state index contributed by atoms with van der Waals surface area (Å²) in [5.74, 6) is 0.834. The van der Waals surface area contributed by atoms with E-state index in [2.05, 4.69) is 51.8 Å². The van der Waals surface area contributed by atoms with Crippen molar-refractivity contribution in [3.63, 3.8) is 0 Å². The molecule has 1 aromatic carbocycles. The number of nitrogens with one attached hydrogen (secondary N) is 2. The van der Waals surface area contributed by atoms with Gasteiger partial charge in [-0.3, -0.25) is 4.99 Å². The molecule has 0 aliphatic heterocycles. The maximum Gasteiger partial charge on any atom is 0.191 e. The van der Waals surface area contributed by atoms with Crippen molar-refractivity contribution < 1.29 is 0 Å². The molecule has 23 heavy (non-hydrogen) atoms. The summed E-state index contributed by atoms with van der Waals surface area (Å²) in [7, 11) is 1.79. The molecule has 7 heteroatoms. The number of thioether (sulfide) groups is 1. The summed E-state index contributed by atoms with van der Waals surface area (Å²) < 4.78 is 2.04. The number of benzene rings is 1. The standard InChI is InChI=1S/C16H23N5S.HI/c1-14(22-15-6-4-3-5-7-15)12-20-16(17-2)19-9-11-21-10-8-18-13-21;/h3-8,10,13-14H,9,11-12H2,1-2H3,(H2,17,19,20);1H. The van der Waals surface area contributed by atoms with Gasteiger partial charge in [0.1, 0.15) is 0 Å². The Bertz CT molecular complexity index is 559. The number of hydrogen-bond acceptors (Lipinski definition) is 3. The fraction of sp³-hybridized carbons (Fsp3) is 0.375. The van der Waals surface area contributed by atoms with E-state index in [4.69, 9.17) is 0 Å². The van der Waals surface area contributed by atoms with E-state index in [1.165, 1.54) is 4.90 Å². The zero-order chi connectivity index (χ0) is 15.6. The smallest absolute Gasteiger partial charge is 0.191 e. The Morgan fingerprint density at radius 2 is 2.09 bits per heavy atom. The van der Waals surface area contributed by atoms with Crippen LogP contribution in [0.1, 0.15) is 6.92 Å². The molecule has 1 aromatic heterocycles. The molecule has 0 fully saturated rings. The minimum absolute atomic E-state index is 0. The van der Waals surface area contributed by atoms with E-state index >= 15 is 0 Å². The van der Waals surface area contributed by atoms with E-state index in [0.717, 1.165) is 25.6 Å². The lowest BCUT2D eigenvalue weighted by Crippen LogP contribution is -2.41. The van der Waals surface area contributed by atoms with E-state index in [0.29, 0.717) is 5.25 Å². The van der Waals surface area contributed by atoms with Gasteiger partial charge in [0.25, 0.3) is 0 Å². The largest absolute Gasteiger partial charge is 0.355 e. The van der Waals surface area contributed by atoms with Crippen molar-refractivity contribution in [2.75, 3.05) is 20.1 Å². The van der Waals surface area contributed by atoms with Gasteiger partial charge < -0.3 is 15.2 Å². The number of hydrogen-bond donors (Lipinski definition) is 2. The molecule has 0 amide bonds. The van der Waals surface area contributed by atoms with Gasteiger partial charge in [-0.05, 0) is 12.1 Å². The number of nitrogens with zero attached hydrogens (tertiary/aromatic N) is 3. The van der Waals surface area contributed by atoms with Gasteiger partial charge in [-0.25, -0.2) is 4.98 Å². The van der Waals surface area contributed by atoms with Crippen LogP contribution in [-0.4, -0.2) is 40.9 Å². The molecule has 2 rings (SSSR count). The van der Waals surface area contributed by atoms with Gasteiger partial charge in [0, 0.05) is 49.2 Å². The Balaban J connectivity index is 0.00000264. The summed E-state index contributed by atoms with van der Waals surface area (Å²) in [6.07, 6.45) is 5.56. The van der Waals surface area contributed by atoms with Crippen molar-refractivity contribution in [3.8, 4) is 0 Å². The summed E-state index contributed by atoms with van der Waals surface area (Å²) in [5, 5.41) is 7.14. The summed E-state index contributed by atoms with van der Waals surface area (Å²) in [6, 6.07) is 10.5. The molecule has 0 aliphatic rings. The first-order valence-corrected chi connectivity index (χ1v) is 8.28. The zero-order valence-electron chi connectivity index (χ0n) is 13.5. The van der Waals surface area contributed by atoms with Gasteiger partial charge in [0.15, 0.2) is 5.96 Å². The second-order valence-corrected chi connectivity index (χ2v) is 6.43. The SMILES string of the molecule is CN=C(NCCn1ccnc1)NCC(C)Sc1ccccc1.I. The Morgan fingerprint density at radius 3 is 2.74 bits per heavy atom. The molecule has 1 unspecified atom stereocenters. The van der Waals surface area contributed by atoms with Crippen molar-refractivity contribution in [1.29, 1.82) is 0 Å². The van der Waals surface area contributed by atoms with E-state index in [1.54, 1.807) is 13.2 Å². The number of aliphatic imine (C=N–C) groups is 1. The highest BCUT2D eigenvalue weighted by molar-refractivity contribution is 14.0. The molecule has 1 heterocycles. The lowest BCUT2D eigenvalue weighted by atomic mass is 10.4. The molecule has 5 nitrogen and oxygen atoms in total. The second-order valence-electron chi connectivity index (χ2n) is 4.92. The number of rotatable bonds is 7. The van der Waals surface area contributed by atoms with Crippen LogP contribution in [0.2, 0.25) is 0 Å². The van der Waals surface area contributed by atoms with Crippen LogP contribution in [0.4, 0.5) is 0 Å². The molecule has 0 radical (unpaired) electrons. The lowest BCUT2D eigenvalue weighted by Gasteiger charge is -2.16. The Kier molecular flexibility index (Phi) is 9.77. The van der Waals surface area contributed by atoms with Crippen LogP contribution in [0, 0.1) is 0 Å². The van der Waals surface area contributed by atoms with Gasteiger partial charge in [0.2, 0.25) is 0 Å². The summed E-state index contributed by atoms with van der Waals surface area (Å²) in [5.41, 5.74) is 0. The van der Waals surface area contributed by atoms with Crippen LogP contribution >= 0.6 is 35.7 Å². The minimum atomic E-state index is 0. The van der Waals surface area contributed by atoms with Gasteiger partial charge in [-0.1, -0.05) is 25.1 Å². The first kappa shape index (κ1) is 19.8. The Hall–Kier alpha value is -1.22. The number of halogens is 1. The van der Waals surface area contributed by atoms with Crippen LogP contribution < -0.4 is 10.6 Å². The van der Waals surface area contributed by atoms with Crippen molar-refractivity contribution in [1.82, 2.24) is 20.2 Å². The quantitative estimate of drug-likeness (QED) is 0.298. The maximum atomic E-state index is 4.25. The van der Waals surface area contributed by atoms with Crippen LogP contribution in [0.15, 0.2) is 58.9 Å². The van der Waals surface area contributed by atoms with Crippen molar-refractivity contribution in [2.45, 2.75) is 23.6 Å². The Labute approximate surface area is 159 Å². The predicted molar refractivity (Wildman–Crippen MR) is 109 cm³/mol. The third-order valence-electron chi connectivity index (χ3n) is 3.08. The van der Waals surface area contributed by atoms with Crippen molar-refractivity contribution >= 4 is 41.7 Å². The molecule has 126 valence electrons. The molecular weight excluding hydrogens is 421 g/mol. The highest BCUT2D eigenvalue weighted by atomic mass is 127. The summed E-state index contributed by atoms with van der Waals surface area (Å²) >= 11 is 1.86. The first-order valence-electron chi connectivity index (χ1n) is 7.40. The predicted octanol–water partition coefficient (Wildman–Crippen LogP) is 2.85. The fourth-order valence-electron chi connectivity index (χ4n) is 1.96. The van der Waals surface area contributed by atoms with Gasteiger partial charge in [-0.2, -0.15) is 0 Å². The molecule has 0 spiro atoms. The molecule has 2 aromatic rings. The van der Waals surface area contributed by atoms with Crippen LogP contribution in [0.25, 0.3) is 0 Å². The second kappa shape index (κ2) is 11.3. The van der Waals surface area contributed by atoms with E-state index in [1.807, 2.05) is 34.9 Å². The van der Waals surface area contributed by atoms with E-state index in [9.17, 15) is 0 Å². The van der Waals surface area contributed by atoms with Crippen molar-refractivity contribution in [2.24, 2.45) is 4.99 Å². The molecule has 0 bridgehead atoms. The third kappa shape index (κ3) is 7.74. The maximum absolute atomic E-state index is 4.25. The monoisotopic (exact) mass is 445 g/mol. The Morgan fingerprint density at radius 1 is 1.30 bits per heavy atom. The summed E-state index contributed by atoms with van der Waals surface area (Å²) in [6.45, 7) is 4.76. The highest BCUT2D eigenvalue weighted by Crippen LogP contribution is 2.21. The minimum Gasteiger partial charge on any atom is -0.355 e. The van der Waals surface area contributed by atoms with E-state index in [-0.39, 0.29) is 24.0 Å². The summed E-state index contributed by atoms with van der Waals surface area (Å²) in [4.78, 5) is 9.56. The molecule has 0 saturated carbocycles. The van der Waals surface area contributed by atoms with Gasteiger partial charge in [-0.15, -0.1) is 35.7 Å². The highest BCUT2D eigenvalue weighted by Gasteiger charge is 2.05. The topological polar surface area (TPSA) is 54.2 Å². The van der Waals surface area contributed by atoms with Crippen LogP contribution in [0.3, 0.4) is 0 Å². The lowest BCUT2D eigenvalue weighted by molar-refractivity contribution is 0.661. The third-order valence-corrected chi connectivity index (χ3v) is 4.20. The molecule has 1 atom stereocenters. The van der Waals surface area contributed by atoms with Crippen molar-refractivity contribution in [3.05, 3.63) is 49.1 Å². The number of aromatic nitrogens is 2. The first-order chi connectivity index (χ1) is 10.8. The molecule has 2 N–H and O–H groups in total.